The van der Waals surface area contributed by atoms with E-state index in [4.69, 9.17) is 0 Å². The average Bonchev–Trinajstić information content (AvgIpc) is 2.88. The molecule has 18 heavy (non-hydrogen) atoms. The summed E-state index contributed by atoms with van der Waals surface area (Å²) >= 11 is 3.67. The molecule has 0 aromatic carbocycles. The van der Waals surface area contributed by atoms with Gasteiger partial charge in [-0.15, -0.1) is 11.3 Å². The lowest BCUT2D eigenvalue weighted by Gasteiger charge is -2.29. The van der Waals surface area contributed by atoms with Gasteiger partial charge in [-0.25, -0.2) is 9.97 Å². The van der Waals surface area contributed by atoms with Crippen LogP contribution in [0.25, 0.3) is 10.2 Å². The first kappa shape index (κ1) is 12.2. The first-order valence-electron chi connectivity index (χ1n) is 6.34. The quantitative estimate of drug-likeness (QED) is 0.928. The Balaban J connectivity index is 1.77. The summed E-state index contributed by atoms with van der Waals surface area (Å²) in [7, 11) is 0. The lowest BCUT2D eigenvalue weighted by molar-refractivity contribution is 0.473. The first-order chi connectivity index (χ1) is 8.86. The molecule has 2 aromatic rings. The van der Waals surface area contributed by atoms with Crippen LogP contribution in [0.2, 0.25) is 0 Å². The fraction of sp³-hybridized carbons (Fsp3) is 0.538. The second-order valence-corrected chi connectivity index (χ2v) is 6.76. The summed E-state index contributed by atoms with van der Waals surface area (Å²) in [5.41, 5.74) is 0. The van der Waals surface area contributed by atoms with Gasteiger partial charge in [-0.3, -0.25) is 0 Å². The zero-order valence-corrected chi connectivity index (χ0v) is 12.1. The van der Waals surface area contributed by atoms with E-state index < -0.39 is 0 Å². The van der Waals surface area contributed by atoms with E-state index in [1.807, 2.05) is 11.8 Å². The molecule has 2 aromatic heterocycles. The van der Waals surface area contributed by atoms with Crippen molar-refractivity contribution in [1.82, 2.24) is 9.97 Å². The largest absolute Gasteiger partial charge is 0.367 e. The number of thioether (sulfide) groups is 1. The zero-order valence-electron chi connectivity index (χ0n) is 10.4. The van der Waals surface area contributed by atoms with Crippen LogP contribution < -0.4 is 5.32 Å². The first-order valence-corrected chi connectivity index (χ1v) is 8.51. The number of nitrogens with one attached hydrogen (secondary N) is 1. The molecule has 2 unspecified atom stereocenters. The third-order valence-electron chi connectivity index (χ3n) is 3.56. The molecule has 1 N–H and O–H groups in total. The van der Waals surface area contributed by atoms with Crippen molar-refractivity contribution in [2.24, 2.45) is 0 Å². The van der Waals surface area contributed by atoms with Crippen LogP contribution in [0.15, 0.2) is 17.8 Å². The third-order valence-corrected chi connectivity index (χ3v) is 5.48. The van der Waals surface area contributed by atoms with Gasteiger partial charge in [0.1, 0.15) is 17.0 Å². The Labute approximate surface area is 115 Å². The van der Waals surface area contributed by atoms with Gasteiger partial charge in [0.15, 0.2) is 0 Å². The molecule has 1 saturated carbocycles. The normalized spacial score (nSPS) is 24.3. The predicted molar refractivity (Wildman–Crippen MR) is 80.6 cm³/mol. The van der Waals surface area contributed by atoms with Crippen LogP contribution in [0, 0.1) is 0 Å². The molecule has 0 radical (unpaired) electrons. The van der Waals surface area contributed by atoms with Gasteiger partial charge in [-0.2, -0.15) is 11.8 Å². The van der Waals surface area contributed by atoms with Gasteiger partial charge in [0.25, 0.3) is 0 Å². The van der Waals surface area contributed by atoms with E-state index in [0.29, 0.717) is 6.04 Å². The average molecular weight is 279 g/mol. The minimum absolute atomic E-state index is 0.564. The van der Waals surface area contributed by atoms with Gasteiger partial charge in [0.2, 0.25) is 0 Å². The predicted octanol–water partition coefficient (Wildman–Crippen LogP) is 3.78. The van der Waals surface area contributed by atoms with E-state index in [-0.39, 0.29) is 0 Å². The Morgan fingerprint density at radius 3 is 3.22 bits per heavy atom. The number of anilines is 1. The molecule has 0 bridgehead atoms. The number of thiophene rings is 1. The van der Waals surface area contributed by atoms with Crippen molar-refractivity contribution >= 4 is 39.1 Å². The lowest BCUT2D eigenvalue weighted by atomic mass is 9.95. The highest BCUT2D eigenvalue weighted by atomic mass is 32.2. The van der Waals surface area contributed by atoms with Gasteiger partial charge in [0, 0.05) is 11.3 Å². The van der Waals surface area contributed by atoms with Crippen LogP contribution in [0.3, 0.4) is 0 Å². The van der Waals surface area contributed by atoms with E-state index in [1.165, 1.54) is 25.7 Å². The topological polar surface area (TPSA) is 37.8 Å². The van der Waals surface area contributed by atoms with Gasteiger partial charge in [-0.1, -0.05) is 6.42 Å². The Kier molecular flexibility index (Phi) is 3.70. The van der Waals surface area contributed by atoms with Crippen LogP contribution in [-0.4, -0.2) is 27.5 Å². The Morgan fingerprint density at radius 1 is 1.39 bits per heavy atom. The Bertz CT molecular complexity index is 526. The summed E-state index contributed by atoms with van der Waals surface area (Å²) in [5, 5.41) is 7.66. The Hall–Kier alpha value is -0.810. The molecule has 96 valence electrons. The van der Waals surface area contributed by atoms with Crippen molar-refractivity contribution in [3.05, 3.63) is 17.8 Å². The second-order valence-electron chi connectivity index (χ2n) is 4.73. The highest BCUT2D eigenvalue weighted by Gasteiger charge is 2.21. The molecule has 5 heteroatoms. The molecule has 3 nitrogen and oxygen atoms in total. The maximum absolute atomic E-state index is 4.40. The summed E-state index contributed by atoms with van der Waals surface area (Å²) in [6.45, 7) is 0. The molecular weight excluding hydrogens is 262 g/mol. The van der Waals surface area contributed by atoms with Gasteiger partial charge in [0.05, 0.1) is 5.39 Å². The lowest BCUT2D eigenvalue weighted by Crippen LogP contribution is -2.28. The highest BCUT2D eigenvalue weighted by molar-refractivity contribution is 7.99. The van der Waals surface area contributed by atoms with Crippen molar-refractivity contribution in [3.63, 3.8) is 0 Å². The van der Waals surface area contributed by atoms with E-state index in [2.05, 4.69) is 33.0 Å². The van der Waals surface area contributed by atoms with E-state index in [9.17, 15) is 0 Å². The number of hydrogen-bond acceptors (Lipinski definition) is 5. The molecule has 1 aliphatic rings. The van der Waals surface area contributed by atoms with Crippen LogP contribution in [0.5, 0.6) is 0 Å². The van der Waals surface area contributed by atoms with Crippen molar-refractivity contribution in [3.8, 4) is 0 Å². The van der Waals surface area contributed by atoms with Crippen molar-refractivity contribution < 1.29 is 0 Å². The summed E-state index contributed by atoms with van der Waals surface area (Å²) in [4.78, 5) is 9.76. The number of aromatic nitrogens is 2. The molecule has 1 fully saturated rings. The molecule has 0 amide bonds. The third kappa shape index (κ3) is 2.47. The van der Waals surface area contributed by atoms with Crippen LogP contribution in [-0.2, 0) is 0 Å². The minimum Gasteiger partial charge on any atom is -0.367 e. The summed E-state index contributed by atoms with van der Waals surface area (Å²) < 4.78 is 0. The molecule has 2 atom stereocenters. The molecule has 3 rings (SSSR count). The minimum atomic E-state index is 0.564. The van der Waals surface area contributed by atoms with E-state index in [0.717, 1.165) is 21.3 Å². The van der Waals surface area contributed by atoms with Gasteiger partial charge in [-0.05, 0) is 37.0 Å². The van der Waals surface area contributed by atoms with E-state index >= 15 is 0 Å². The summed E-state index contributed by atoms with van der Waals surface area (Å²) in [6, 6.07) is 2.67. The second kappa shape index (κ2) is 5.45. The fourth-order valence-corrected chi connectivity index (χ4v) is 4.15. The molecule has 0 saturated heterocycles. The number of nitrogens with zero attached hydrogens (tertiary/aromatic N) is 2. The monoisotopic (exact) mass is 279 g/mol. The smallest absolute Gasteiger partial charge is 0.138 e. The fourth-order valence-electron chi connectivity index (χ4n) is 2.59. The van der Waals surface area contributed by atoms with Gasteiger partial charge < -0.3 is 5.32 Å². The molecule has 2 heterocycles. The standard InChI is InChI=1S/C13H17N3S2/c1-17-10-4-2-3-9(7-10)16-12-11-5-6-18-13(11)15-8-14-12/h5-6,8-10H,2-4,7H2,1H3,(H,14,15,16). The van der Waals surface area contributed by atoms with Crippen molar-refractivity contribution in [2.45, 2.75) is 37.0 Å². The highest BCUT2D eigenvalue weighted by Crippen LogP contribution is 2.30. The van der Waals surface area contributed by atoms with Crippen molar-refractivity contribution in [1.29, 1.82) is 0 Å². The molecule has 0 aliphatic heterocycles. The van der Waals surface area contributed by atoms with Crippen LogP contribution in [0.1, 0.15) is 25.7 Å². The van der Waals surface area contributed by atoms with Gasteiger partial charge >= 0.3 is 0 Å². The maximum atomic E-state index is 4.40. The van der Waals surface area contributed by atoms with E-state index in [1.54, 1.807) is 17.7 Å². The molecule has 1 aliphatic carbocycles. The number of hydrogen-bond donors (Lipinski definition) is 1. The van der Waals surface area contributed by atoms with Crippen LogP contribution in [0.4, 0.5) is 5.82 Å². The Morgan fingerprint density at radius 2 is 2.33 bits per heavy atom. The maximum Gasteiger partial charge on any atom is 0.138 e. The zero-order chi connectivity index (χ0) is 12.4. The van der Waals surface area contributed by atoms with Crippen molar-refractivity contribution in [2.75, 3.05) is 11.6 Å². The molecular formula is C13H17N3S2. The number of rotatable bonds is 3. The summed E-state index contributed by atoms with van der Waals surface area (Å²) in [5.74, 6) is 1.01. The van der Waals surface area contributed by atoms with Crippen LogP contribution >= 0.6 is 23.1 Å². The summed E-state index contributed by atoms with van der Waals surface area (Å²) in [6.07, 6.45) is 9.06. The number of fused-ring (bicyclic) bond motifs is 1. The SMILES string of the molecule is CSC1CCCC(Nc2ncnc3sccc23)C1. The molecule has 0 spiro atoms.